The normalized spacial score (nSPS) is 15.7. The molecule has 0 aromatic heterocycles. The Labute approximate surface area is 154 Å². The molecule has 1 amide bonds. The number of amides is 1. The minimum Gasteiger partial charge on any atom is -0.446 e. The molecule has 0 radical (unpaired) electrons. The first kappa shape index (κ1) is 18.1. The second kappa shape index (κ2) is 7.24. The number of nitrogens with zero attached hydrogens (tertiary/aromatic N) is 3. The number of benzene rings is 2. The van der Waals surface area contributed by atoms with E-state index in [1.807, 2.05) is 0 Å². The molecule has 2 aromatic carbocycles. The molecule has 138 valence electrons. The highest BCUT2D eigenvalue weighted by molar-refractivity contribution is 5.96. The molecule has 9 heteroatoms. The van der Waals surface area contributed by atoms with Gasteiger partial charge in [0, 0.05) is 31.5 Å². The van der Waals surface area contributed by atoms with Crippen molar-refractivity contribution in [2.24, 2.45) is 5.10 Å². The number of rotatable bonds is 4. The van der Waals surface area contributed by atoms with Gasteiger partial charge in [0.2, 0.25) is 18.0 Å². The Kier molecular flexibility index (Phi) is 4.84. The molecule has 0 N–H and O–H groups in total. The number of hydrogen-bond donors (Lipinski definition) is 0. The van der Waals surface area contributed by atoms with Gasteiger partial charge in [-0.15, -0.1) is 5.10 Å². The van der Waals surface area contributed by atoms with Crippen LogP contribution in [0.2, 0.25) is 0 Å². The predicted octanol–water partition coefficient (Wildman–Crippen LogP) is 2.76. The van der Waals surface area contributed by atoms with Crippen LogP contribution in [0.4, 0.5) is 5.69 Å². The number of hydrazone groups is 1. The molecule has 27 heavy (non-hydrogen) atoms. The molecule has 1 unspecified atom stereocenters. The molecule has 0 bridgehead atoms. The topological polar surface area (TPSA) is 111 Å². The van der Waals surface area contributed by atoms with Crippen LogP contribution < -0.4 is 4.74 Å². The Morgan fingerprint density at radius 1 is 1.15 bits per heavy atom. The monoisotopic (exact) mass is 369 g/mol. The number of nitro benzene ring substituents is 1. The zero-order valence-electron chi connectivity index (χ0n) is 14.5. The smallest absolute Gasteiger partial charge is 0.308 e. The van der Waals surface area contributed by atoms with E-state index in [4.69, 9.17) is 9.47 Å². The number of ether oxygens (including phenoxy) is 2. The Bertz CT molecular complexity index is 938. The van der Waals surface area contributed by atoms with Crippen LogP contribution in [0.15, 0.2) is 53.6 Å². The molecule has 0 aliphatic carbocycles. The van der Waals surface area contributed by atoms with Gasteiger partial charge < -0.3 is 9.47 Å². The van der Waals surface area contributed by atoms with Crippen LogP contribution >= 0.6 is 0 Å². The van der Waals surface area contributed by atoms with E-state index in [0.717, 1.165) is 5.01 Å². The first-order chi connectivity index (χ1) is 12.9. The molecule has 0 fully saturated rings. The van der Waals surface area contributed by atoms with Crippen molar-refractivity contribution in [1.82, 2.24) is 5.01 Å². The summed E-state index contributed by atoms with van der Waals surface area (Å²) in [5, 5.41) is 16.1. The summed E-state index contributed by atoms with van der Waals surface area (Å²) in [6.07, 6.45) is -0.928. The summed E-state index contributed by atoms with van der Waals surface area (Å²) >= 11 is 0. The van der Waals surface area contributed by atoms with Gasteiger partial charge in [-0.2, -0.15) is 5.01 Å². The quantitative estimate of drug-likeness (QED) is 0.355. The maximum absolute atomic E-state index is 12.0. The predicted molar refractivity (Wildman–Crippen MR) is 93.7 cm³/mol. The highest BCUT2D eigenvalue weighted by Crippen LogP contribution is 2.35. The number of carbonyl (C=O) groups excluding carboxylic acids is 2. The number of para-hydroxylation sites is 1. The van der Waals surface area contributed by atoms with Gasteiger partial charge in [0.25, 0.3) is 5.69 Å². The average molecular weight is 369 g/mol. The molecule has 0 saturated carbocycles. The third-order valence-electron chi connectivity index (χ3n) is 3.73. The van der Waals surface area contributed by atoms with Gasteiger partial charge in [-0.1, -0.05) is 12.1 Å². The first-order valence-corrected chi connectivity index (χ1v) is 7.94. The SMILES string of the molecule is CC(=O)Oc1ccccc1C1OC(c2ccc([N+](=O)[O-])cc2)=NN1C(C)=O. The third-order valence-corrected chi connectivity index (χ3v) is 3.73. The third kappa shape index (κ3) is 3.76. The summed E-state index contributed by atoms with van der Waals surface area (Å²) in [5.41, 5.74) is 0.848. The second-order valence-corrected chi connectivity index (χ2v) is 5.67. The lowest BCUT2D eigenvalue weighted by molar-refractivity contribution is -0.384. The van der Waals surface area contributed by atoms with Crippen molar-refractivity contribution in [2.45, 2.75) is 20.1 Å². The van der Waals surface area contributed by atoms with E-state index in [0.29, 0.717) is 11.1 Å². The molecular formula is C18H15N3O6. The molecule has 1 aliphatic rings. The van der Waals surface area contributed by atoms with E-state index in [-0.39, 0.29) is 23.2 Å². The fourth-order valence-electron chi connectivity index (χ4n) is 2.54. The highest BCUT2D eigenvalue weighted by atomic mass is 16.6. The number of nitro groups is 1. The second-order valence-electron chi connectivity index (χ2n) is 5.67. The maximum atomic E-state index is 12.0. The van der Waals surface area contributed by atoms with E-state index in [1.165, 1.54) is 38.1 Å². The fraction of sp³-hybridized carbons (Fsp3) is 0.167. The van der Waals surface area contributed by atoms with Crippen molar-refractivity contribution < 1.29 is 24.0 Å². The summed E-state index contributed by atoms with van der Waals surface area (Å²) in [6.45, 7) is 2.60. The summed E-state index contributed by atoms with van der Waals surface area (Å²) in [7, 11) is 0. The Morgan fingerprint density at radius 2 is 1.81 bits per heavy atom. The summed E-state index contributed by atoms with van der Waals surface area (Å²) in [5.74, 6) is -0.509. The van der Waals surface area contributed by atoms with Gasteiger partial charge in [0.05, 0.1) is 10.5 Å². The van der Waals surface area contributed by atoms with Gasteiger partial charge in [-0.05, 0) is 24.3 Å². The van der Waals surface area contributed by atoms with E-state index < -0.39 is 17.1 Å². The standard InChI is InChI=1S/C18H15N3O6/c1-11(22)20-18(15-5-3-4-6-16(15)26-12(2)23)27-17(19-20)13-7-9-14(10-8-13)21(24)25/h3-10,18H,1-2H3. The lowest BCUT2D eigenvalue weighted by atomic mass is 10.1. The van der Waals surface area contributed by atoms with Crippen molar-refractivity contribution >= 4 is 23.5 Å². The van der Waals surface area contributed by atoms with Crippen molar-refractivity contribution in [2.75, 3.05) is 0 Å². The molecule has 1 atom stereocenters. The zero-order valence-corrected chi connectivity index (χ0v) is 14.5. The number of hydrogen-bond acceptors (Lipinski definition) is 7. The van der Waals surface area contributed by atoms with E-state index in [2.05, 4.69) is 5.10 Å². The fourth-order valence-corrected chi connectivity index (χ4v) is 2.54. The number of carbonyl (C=O) groups is 2. The van der Waals surface area contributed by atoms with Crippen LogP contribution in [0.5, 0.6) is 5.75 Å². The molecule has 1 aliphatic heterocycles. The Hall–Kier alpha value is -3.75. The minimum absolute atomic E-state index is 0.0717. The van der Waals surface area contributed by atoms with E-state index >= 15 is 0 Å². The van der Waals surface area contributed by atoms with Crippen LogP contribution in [0.3, 0.4) is 0 Å². The molecule has 2 aromatic rings. The van der Waals surface area contributed by atoms with Crippen LogP contribution in [0, 0.1) is 10.1 Å². The minimum atomic E-state index is -0.928. The summed E-state index contributed by atoms with van der Waals surface area (Å²) < 4.78 is 11.0. The summed E-state index contributed by atoms with van der Waals surface area (Å²) in [4.78, 5) is 33.6. The Morgan fingerprint density at radius 3 is 2.41 bits per heavy atom. The molecule has 0 spiro atoms. The van der Waals surface area contributed by atoms with Gasteiger partial charge in [-0.25, -0.2) is 0 Å². The van der Waals surface area contributed by atoms with E-state index in [9.17, 15) is 19.7 Å². The lowest BCUT2D eigenvalue weighted by Crippen LogP contribution is -2.26. The molecule has 1 heterocycles. The van der Waals surface area contributed by atoms with Gasteiger partial charge in [-0.3, -0.25) is 19.7 Å². The molecule has 9 nitrogen and oxygen atoms in total. The number of non-ortho nitro benzene ring substituents is 1. The van der Waals surface area contributed by atoms with Gasteiger partial charge in [0.15, 0.2) is 0 Å². The summed E-state index contributed by atoms with van der Waals surface area (Å²) in [6, 6.07) is 12.3. The van der Waals surface area contributed by atoms with Crippen molar-refractivity contribution in [1.29, 1.82) is 0 Å². The van der Waals surface area contributed by atoms with Crippen LogP contribution in [-0.2, 0) is 14.3 Å². The highest BCUT2D eigenvalue weighted by Gasteiger charge is 2.35. The molecule has 3 rings (SSSR count). The maximum Gasteiger partial charge on any atom is 0.308 e. The largest absolute Gasteiger partial charge is 0.446 e. The zero-order chi connectivity index (χ0) is 19.6. The molecule has 0 saturated heterocycles. The van der Waals surface area contributed by atoms with Gasteiger partial charge >= 0.3 is 5.97 Å². The van der Waals surface area contributed by atoms with Gasteiger partial charge in [0.1, 0.15) is 5.75 Å². The van der Waals surface area contributed by atoms with Crippen LogP contribution in [-0.4, -0.2) is 27.7 Å². The van der Waals surface area contributed by atoms with Crippen molar-refractivity contribution in [3.8, 4) is 5.75 Å². The van der Waals surface area contributed by atoms with Crippen molar-refractivity contribution in [3.63, 3.8) is 0 Å². The van der Waals surface area contributed by atoms with Crippen LogP contribution in [0.25, 0.3) is 0 Å². The first-order valence-electron chi connectivity index (χ1n) is 7.94. The number of esters is 1. The van der Waals surface area contributed by atoms with E-state index in [1.54, 1.807) is 24.3 Å². The lowest BCUT2D eigenvalue weighted by Gasteiger charge is -2.21. The van der Waals surface area contributed by atoms with Crippen LogP contribution in [0.1, 0.15) is 31.2 Å². The average Bonchev–Trinajstić information content (AvgIpc) is 3.07. The van der Waals surface area contributed by atoms with Crippen molar-refractivity contribution in [3.05, 3.63) is 69.8 Å². The molecular weight excluding hydrogens is 354 g/mol. The Balaban J connectivity index is 1.94.